The van der Waals surface area contributed by atoms with Crippen LogP contribution in [0.3, 0.4) is 0 Å². The highest BCUT2D eigenvalue weighted by Gasteiger charge is 2.21. The Morgan fingerprint density at radius 2 is 1.76 bits per heavy atom. The van der Waals surface area contributed by atoms with Gasteiger partial charge in [-0.15, -0.1) is 0 Å². The summed E-state index contributed by atoms with van der Waals surface area (Å²) in [7, 11) is 6.10. The van der Waals surface area contributed by atoms with Crippen molar-refractivity contribution in [3.63, 3.8) is 0 Å². The Bertz CT molecular complexity index is 668. The molecule has 0 aliphatic carbocycles. The quantitative estimate of drug-likeness (QED) is 0.787. The molecular formula is C16H19N5. The maximum atomic E-state index is 9.49. The Kier molecular flexibility index (Phi) is 3.30. The molecule has 21 heavy (non-hydrogen) atoms. The van der Waals surface area contributed by atoms with Gasteiger partial charge in [-0.05, 0) is 12.1 Å². The van der Waals surface area contributed by atoms with E-state index in [4.69, 9.17) is 0 Å². The van der Waals surface area contributed by atoms with Crippen molar-refractivity contribution < 1.29 is 0 Å². The molecule has 0 spiro atoms. The molecular weight excluding hydrogens is 262 g/mol. The van der Waals surface area contributed by atoms with Crippen LogP contribution >= 0.6 is 0 Å². The number of likely N-dealkylation sites (N-methyl/N-ethyl adjacent to an activating group) is 3. The maximum absolute atomic E-state index is 9.49. The normalized spacial score (nSPS) is 17.4. The summed E-state index contributed by atoms with van der Waals surface area (Å²) in [6.45, 7) is 2.73. The van der Waals surface area contributed by atoms with E-state index in [1.54, 1.807) is 0 Å². The molecule has 2 aliphatic heterocycles. The van der Waals surface area contributed by atoms with E-state index >= 15 is 0 Å². The Morgan fingerprint density at radius 1 is 1.10 bits per heavy atom. The lowest BCUT2D eigenvalue weighted by Gasteiger charge is -2.35. The van der Waals surface area contributed by atoms with Crippen molar-refractivity contribution in [3.8, 4) is 6.07 Å². The van der Waals surface area contributed by atoms with Gasteiger partial charge in [0, 0.05) is 45.4 Å². The predicted molar refractivity (Wildman–Crippen MR) is 86.8 cm³/mol. The lowest BCUT2D eigenvalue weighted by Crippen LogP contribution is -2.37. The lowest BCUT2D eigenvalue weighted by molar-refractivity contribution is 0.395. The predicted octanol–water partition coefficient (Wildman–Crippen LogP) is 1.76. The molecule has 0 radical (unpaired) electrons. The zero-order valence-electron chi connectivity index (χ0n) is 12.7. The first-order chi connectivity index (χ1) is 10.1. The van der Waals surface area contributed by atoms with E-state index in [1.165, 1.54) is 5.69 Å². The van der Waals surface area contributed by atoms with Crippen molar-refractivity contribution in [2.75, 3.05) is 50.6 Å². The van der Waals surface area contributed by atoms with Crippen LogP contribution in [0.25, 0.3) is 5.57 Å². The number of nitrogens with zero attached hydrogens (tertiary/aromatic N) is 5. The van der Waals surface area contributed by atoms with Gasteiger partial charge in [0.05, 0.1) is 35.8 Å². The second-order valence-corrected chi connectivity index (χ2v) is 5.59. The maximum Gasteiger partial charge on any atom is 0.0999 e. The average molecular weight is 281 g/mol. The average Bonchev–Trinajstić information content (AvgIpc) is 2.51. The standard InChI is InChI=1S/C16H19N5/c1-19-6-7-20(2)16-9-14(13(10-17)8-15(16)19)12-4-5-21(3)18-11-12/h4,8-9,11H,5-7H2,1-3H3. The van der Waals surface area contributed by atoms with Crippen molar-refractivity contribution in [2.24, 2.45) is 5.10 Å². The number of hydrazone groups is 1. The zero-order valence-corrected chi connectivity index (χ0v) is 12.7. The molecule has 5 heteroatoms. The van der Waals surface area contributed by atoms with Crippen LogP contribution in [0.2, 0.25) is 0 Å². The highest BCUT2D eigenvalue weighted by atomic mass is 15.4. The Morgan fingerprint density at radius 3 is 2.33 bits per heavy atom. The summed E-state index contributed by atoms with van der Waals surface area (Å²) in [5, 5.41) is 15.7. The monoisotopic (exact) mass is 281 g/mol. The fourth-order valence-electron chi connectivity index (χ4n) is 2.73. The second kappa shape index (κ2) is 5.13. The molecule has 0 aromatic heterocycles. The van der Waals surface area contributed by atoms with Gasteiger partial charge in [-0.25, -0.2) is 0 Å². The largest absolute Gasteiger partial charge is 0.371 e. The number of nitriles is 1. The third-order valence-electron chi connectivity index (χ3n) is 4.11. The van der Waals surface area contributed by atoms with Crippen LogP contribution in [0.15, 0.2) is 23.3 Å². The molecule has 0 N–H and O–H groups in total. The molecule has 108 valence electrons. The summed E-state index contributed by atoms with van der Waals surface area (Å²) < 4.78 is 0. The van der Waals surface area contributed by atoms with Crippen molar-refractivity contribution in [2.45, 2.75) is 0 Å². The second-order valence-electron chi connectivity index (χ2n) is 5.59. The van der Waals surface area contributed by atoms with Crippen LogP contribution in [-0.2, 0) is 0 Å². The topological polar surface area (TPSA) is 45.9 Å². The van der Waals surface area contributed by atoms with Gasteiger partial charge in [-0.3, -0.25) is 5.01 Å². The number of hydrogen-bond acceptors (Lipinski definition) is 5. The van der Waals surface area contributed by atoms with E-state index < -0.39 is 0 Å². The summed E-state index contributed by atoms with van der Waals surface area (Å²) in [5.74, 6) is 0. The summed E-state index contributed by atoms with van der Waals surface area (Å²) in [6, 6.07) is 6.44. The van der Waals surface area contributed by atoms with Gasteiger partial charge in [0.2, 0.25) is 0 Å². The molecule has 2 aliphatic rings. The first-order valence-electron chi connectivity index (χ1n) is 7.06. The van der Waals surface area contributed by atoms with Crippen LogP contribution in [0.4, 0.5) is 11.4 Å². The first-order valence-corrected chi connectivity index (χ1v) is 7.06. The van der Waals surface area contributed by atoms with Crippen molar-refractivity contribution in [1.29, 1.82) is 5.26 Å². The summed E-state index contributed by atoms with van der Waals surface area (Å²) >= 11 is 0. The molecule has 0 fully saturated rings. The van der Waals surface area contributed by atoms with E-state index in [1.807, 2.05) is 24.3 Å². The van der Waals surface area contributed by atoms with E-state index in [0.29, 0.717) is 5.56 Å². The van der Waals surface area contributed by atoms with Crippen molar-refractivity contribution in [3.05, 3.63) is 29.3 Å². The van der Waals surface area contributed by atoms with Crippen LogP contribution < -0.4 is 9.80 Å². The molecule has 1 aromatic rings. The van der Waals surface area contributed by atoms with Gasteiger partial charge < -0.3 is 9.80 Å². The summed E-state index contributed by atoms with van der Waals surface area (Å²) in [6.07, 6.45) is 3.95. The van der Waals surface area contributed by atoms with E-state index in [0.717, 1.165) is 36.5 Å². The zero-order chi connectivity index (χ0) is 15.0. The molecule has 3 rings (SSSR count). The molecule has 2 heterocycles. The highest BCUT2D eigenvalue weighted by molar-refractivity contribution is 6.11. The number of allylic oxidation sites excluding steroid dienone is 1. The van der Waals surface area contributed by atoms with E-state index in [9.17, 15) is 5.26 Å². The Labute approximate surface area is 125 Å². The van der Waals surface area contributed by atoms with Gasteiger partial charge in [0.15, 0.2) is 0 Å². The SMILES string of the molecule is CN1CC=C(c2cc3c(cc2C#N)N(C)CCN3C)C=N1. The van der Waals surface area contributed by atoms with Crippen molar-refractivity contribution in [1.82, 2.24) is 5.01 Å². The molecule has 5 nitrogen and oxygen atoms in total. The third kappa shape index (κ3) is 2.33. The van der Waals surface area contributed by atoms with Crippen LogP contribution in [0.5, 0.6) is 0 Å². The third-order valence-corrected chi connectivity index (χ3v) is 4.11. The van der Waals surface area contributed by atoms with Gasteiger partial charge in [-0.1, -0.05) is 6.08 Å². The van der Waals surface area contributed by atoms with Crippen LogP contribution in [0, 0.1) is 11.3 Å². The minimum Gasteiger partial charge on any atom is -0.371 e. The van der Waals surface area contributed by atoms with Crippen LogP contribution in [0.1, 0.15) is 11.1 Å². The van der Waals surface area contributed by atoms with Gasteiger partial charge in [-0.2, -0.15) is 10.4 Å². The summed E-state index contributed by atoms with van der Waals surface area (Å²) in [4.78, 5) is 4.45. The highest BCUT2D eigenvalue weighted by Crippen LogP contribution is 2.36. The molecule has 0 saturated heterocycles. The van der Waals surface area contributed by atoms with Gasteiger partial charge in [0.1, 0.15) is 0 Å². The van der Waals surface area contributed by atoms with Gasteiger partial charge in [0.25, 0.3) is 0 Å². The Balaban J connectivity index is 2.12. The van der Waals surface area contributed by atoms with Crippen molar-refractivity contribution >= 4 is 23.2 Å². The lowest BCUT2D eigenvalue weighted by atomic mass is 9.97. The minimum atomic E-state index is 0.707. The number of benzene rings is 1. The number of fused-ring (bicyclic) bond motifs is 1. The minimum absolute atomic E-state index is 0.707. The number of anilines is 2. The number of hydrogen-bond donors (Lipinski definition) is 0. The molecule has 1 aromatic carbocycles. The van der Waals surface area contributed by atoms with Gasteiger partial charge >= 0.3 is 0 Å². The van der Waals surface area contributed by atoms with Crippen LogP contribution in [-0.4, -0.2) is 52.0 Å². The fourth-order valence-corrected chi connectivity index (χ4v) is 2.73. The molecule has 0 atom stereocenters. The smallest absolute Gasteiger partial charge is 0.0999 e. The molecule has 0 saturated carbocycles. The fraction of sp³-hybridized carbons (Fsp3) is 0.375. The van der Waals surface area contributed by atoms with E-state index in [2.05, 4.69) is 47.2 Å². The first kappa shape index (κ1) is 13.5. The number of rotatable bonds is 1. The molecule has 0 unspecified atom stereocenters. The molecule has 0 amide bonds. The van der Waals surface area contributed by atoms with E-state index in [-0.39, 0.29) is 0 Å². The summed E-state index contributed by atoms with van der Waals surface area (Å²) in [5.41, 5.74) is 4.99. The Hall–Kier alpha value is -2.48. The molecule has 0 bridgehead atoms.